The van der Waals surface area contributed by atoms with E-state index < -0.39 is 0 Å². The maximum Gasteiger partial charge on any atom is 0.0531 e. The van der Waals surface area contributed by atoms with Crippen LogP contribution < -0.4 is 0 Å². The fourth-order valence-electron chi connectivity index (χ4n) is 3.29. The molecule has 0 saturated heterocycles. The molecule has 3 rings (SSSR count). The first-order valence-corrected chi connectivity index (χ1v) is 12.2. The lowest BCUT2D eigenvalue weighted by Gasteiger charge is -2.05. The molecular formula is C22H28S3. The van der Waals surface area contributed by atoms with E-state index in [1.54, 1.807) is 5.56 Å². The normalized spacial score (nSPS) is 11.2. The van der Waals surface area contributed by atoms with E-state index in [1.165, 1.54) is 78.0 Å². The average Bonchev–Trinajstić information content (AvgIpc) is 3.37. The van der Waals surface area contributed by atoms with Crippen LogP contribution >= 0.6 is 34.0 Å². The summed E-state index contributed by atoms with van der Waals surface area (Å²) in [5, 5.41) is 6.68. The topological polar surface area (TPSA) is 0 Å². The van der Waals surface area contributed by atoms with Crippen LogP contribution in [0.15, 0.2) is 40.4 Å². The molecule has 0 aliphatic carbocycles. The predicted molar refractivity (Wildman–Crippen MR) is 117 cm³/mol. The van der Waals surface area contributed by atoms with Gasteiger partial charge in [-0.25, -0.2) is 0 Å². The summed E-state index contributed by atoms with van der Waals surface area (Å²) in [7, 11) is 0. The molecule has 3 aromatic heterocycles. The molecule has 0 unspecified atom stereocenters. The van der Waals surface area contributed by atoms with Crippen LogP contribution in [0.25, 0.3) is 20.2 Å². The molecule has 0 spiro atoms. The van der Waals surface area contributed by atoms with Crippen molar-refractivity contribution >= 4 is 34.0 Å². The van der Waals surface area contributed by atoms with E-state index in [9.17, 15) is 0 Å². The standard InChI is InChI=1S/C22H28S3/c1-2-3-4-5-6-7-8-9-11-18-13-16-24-21(18)22-19(14-17-25-22)20-12-10-15-23-20/h10,12-17H,2-9,11H2,1H3. The molecule has 0 aromatic carbocycles. The fraction of sp³-hybridized carbons (Fsp3) is 0.455. The second-order valence-corrected chi connectivity index (χ2v) is 9.42. The molecule has 0 nitrogen and oxygen atoms in total. The Morgan fingerprint density at radius 1 is 0.680 bits per heavy atom. The van der Waals surface area contributed by atoms with Gasteiger partial charge in [0.1, 0.15) is 0 Å². The zero-order valence-electron chi connectivity index (χ0n) is 15.1. The highest BCUT2D eigenvalue weighted by molar-refractivity contribution is 7.21. The number of hydrogen-bond acceptors (Lipinski definition) is 3. The van der Waals surface area contributed by atoms with Crippen LogP contribution in [0.3, 0.4) is 0 Å². The molecule has 3 heteroatoms. The summed E-state index contributed by atoms with van der Waals surface area (Å²) in [6.07, 6.45) is 12.4. The average molecular weight is 389 g/mol. The highest BCUT2D eigenvalue weighted by Gasteiger charge is 2.14. The van der Waals surface area contributed by atoms with Gasteiger partial charge in [0.25, 0.3) is 0 Å². The van der Waals surface area contributed by atoms with Gasteiger partial charge in [-0.15, -0.1) is 34.0 Å². The van der Waals surface area contributed by atoms with Crippen molar-refractivity contribution in [2.24, 2.45) is 0 Å². The van der Waals surface area contributed by atoms with E-state index in [0.29, 0.717) is 0 Å². The van der Waals surface area contributed by atoms with Gasteiger partial charge >= 0.3 is 0 Å². The molecule has 0 aliphatic rings. The third-order valence-electron chi connectivity index (χ3n) is 4.70. The minimum absolute atomic E-state index is 1.23. The second kappa shape index (κ2) is 10.3. The number of thiophene rings is 3. The summed E-state index contributed by atoms with van der Waals surface area (Å²) in [6.45, 7) is 2.29. The van der Waals surface area contributed by atoms with Crippen LogP contribution in [0.5, 0.6) is 0 Å². The Morgan fingerprint density at radius 3 is 2.16 bits per heavy atom. The number of rotatable bonds is 11. The number of hydrogen-bond donors (Lipinski definition) is 0. The maximum atomic E-state index is 2.35. The zero-order valence-corrected chi connectivity index (χ0v) is 17.6. The predicted octanol–water partition coefficient (Wildman–Crippen LogP) is 8.89. The summed E-state index contributed by atoms with van der Waals surface area (Å²) in [4.78, 5) is 4.36. The number of aryl methyl sites for hydroxylation is 1. The Labute approximate surface area is 164 Å². The summed E-state index contributed by atoms with van der Waals surface area (Å²) >= 11 is 5.64. The Kier molecular flexibility index (Phi) is 7.78. The van der Waals surface area contributed by atoms with Crippen LogP contribution in [-0.2, 0) is 6.42 Å². The van der Waals surface area contributed by atoms with Crippen molar-refractivity contribution in [2.75, 3.05) is 0 Å². The third-order valence-corrected chi connectivity index (χ3v) is 7.64. The molecular weight excluding hydrogens is 360 g/mol. The summed E-state index contributed by atoms with van der Waals surface area (Å²) < 4.78 is 0. The van der Waals surface area contributed by atoms with Crippen molar-refractivity contribution in [1.29, 1.82) is 0 Å². The van der Waals surface area contributed by atoms with Gasteiger partial charge in [-0.3, -0.25) is 0 Å². The van der Waals surface area contributed by atoms with E-state index in [1.807, 2.05) is 34.0 Å². The Balaban J connectivity index is 1.53. The van der Waals surface area contributed by atoms with Crippen molar-refractivity contribution in [3.8, 4) is 20.2 Å². The van der Waals surface area contributed by atoms with Gasteiger partial charge in [0.05, 0.1) is 4.88 Å². The first kappa shape index (κ1) is 18.9. The largest absolute Gasteiger partial charge is 0.144 e. The Morgan fingerprint density at radius 2 is 1.40 bits per heavy atom. The molecule has 25 heavy (non-hydrogen) atoms. The quantitative estimate of drug-likeness (QED) is 0.288. The first-order valence-electron chi connectivity index (χ1n) is 9.58. The van der Waals surface area contributed by atoms with E-state index in [-0.39, 0.29) is 0 Å². The van der Waals surface area contributed by atoms with Crippen LogP contribution in [0.1, 0.15) is 63.9 Å². The summed E-state index contributed by atoms with van der Waals surface area (Å²) in [6, 6.07) is 9.02. The Hall–Kier alpha value is -0.900. The van der Waals surface area contributed by atoms with Crippen molar-refractivity contribution < 1.29 is 0 Å². The SMILES string of the molecule is CCCCCCCCCCc1ccsc1-c1sccc1-c1cccs1. The fourth-order valence-corrected chi connectivity index (χ4v) is 6.19. The minimum Gasteiger partial charge on any atom is -0.144 e. The van der Waals surface area contributed by atoms with E-state index >= 15 is 0 Å². The summed E-state index contributed by atoms with van der Waals surface area (Å²) in [5.41, 5.74) is 2.97. The van der Waals surface area contributed by atoms with E-state index in [4.69, 9.17) is 0 Å². The molecule has 0 bridgehead atoms. The van der Waals surface area contributed by atoms with Crippen molar-refractivity contribution in [3.63, 3.8) is 0 Å². The molecule has 0 amide bonds. The molecule has 0 N–H and O–H groups in total. The second-order valence-electron chi connectivity index (χ2n) is 6.64. The molecule has 0 saturated carbocycles. The van der Waals surface area contributed by atoms with Gasteiger partial charge in [0, 0.05) is 15.3 Å². The van der Waals surface area contributed by atoms with Crippen LogP contribution in [-0.4, -0.2) is 0 Å². The molecule has 0 atom stereocenters. The smallest absolute Gasteiger partial charge is 0.0531 e. The number of unbranched alkanes of at least 4 members (excludes halogenated alkanes) is 7. The van der Waals surface area contributed by atoms with Gasteiger partial charge < -0.3 is 0 Å². The lowest BCUT2D eigenvalue weighted by atomic mass is 10.0. The Bertz CT molecular complexity index is 718. The maximum absolute atomic E-state index is 2.35. The van der Waals surface area contributed by atoms with E-state index in [0.717, 1.165) is 0 Å². The lowest BCUT2D eigenvalue weighted by Crippen LogP contribution is -1.87. The van der Waals surface area contributed by atoms with Crippen molar-refractivity contribution in [3.05, 3.63) is 46.0 Å². The molecule has 3 aromatic rings. The molecule has 0 aliphatic heterocycles. The van der Waals surface area contributed by atoms with Gasteiger partial charge in [0.2, 0.25) is 0 Å². The molecule has 0 radical (unpaired) electrons. The van der Waals surface area contributed by atoms with Crippen molar-refractivity contribution in [2.45, 2.75) is 64.7 Å². The van der Waals surface area contributed by atoms with Gasteiger partial charge in [0.15, 0.2) is 0 Å². The molecule has 0 fully saturated rings. The summed E-state index contributed by atoms with van der Waals surface area (Å²) in [5.74, 6) is 0. The lowest BCUT2D eigenvalue weighted by molar-refractivity contribution is 0.576. The van der Waals surface area contributed by atoms with Gasteiger partial charge in [-0.2, -0.15) is 0 Å². The third kappa shape index (κ3) is 5.29. The van der Waals surface area contributed by atoms with Crippen LogP contribution in [0, 0.1) is 0 Å². The van der Waals surface area contributed by atoms with Gasteiger partial charge in [-0.1, -0.05) is 57.9 Å². The van der Waals surface area contributed by atoms with Gasteiger partial charge in [-0.05, 0) is 52.7 Å². The van der Waals surface area contributed by atoms with Crippen LogP contribution in [0.2, 0.25) is 0 Å². The zero-order chi connectivity index (χ0) is 17.3. The highest BCUT2D eigenvalue weighted by Crippen LogP contribution is 2.42. The first-order chi connectivity index (χ1) is 12.4. The van der Waals surface area contributed by atoms with E-state index in [2.05, 4.69) is 47.3 Å². The molecule has 134 valence electrons. The van der Waals surface area contributed by atoms with Crippen molar-refractivity contribution in [1.82, 2.24) is 0 Å². The molecule has 3 heterocycles. The highest BCUT2D eigenvalue weighted by atomic mass is 32.1. The monoisotopic (exact) mass is 388 g/mol. The minimum atomic E-state index is 1.23. The van der Waals surface area contributed by atoms with Crippen LogP contribution in [0.4, 0.5) is 0 Å².